The molecule has 6 heteroatoms. The highest BCUT2D eigenvalue weighted by Gasteiger charge is 2.12. The van der Waals surface area contributed by atoms with E-state index in [1.165, 1.54) is 13.2 Å². The molecule has 1 heterocycles. The highest BCUT2D eigenvalue weighted by molar-refractivity contribution is 5.87. The molecule has 0 aliphatic rings. The standard InChI is InChI=1S/C9H11N3O3/c1-12-7(3-4-10-6-13)5-8(11-12)9(14)15-2/h5H,3-4H2,1-2H3. The van der Waals surface area contributed by atoms with Crippen LogP contribution in [0.1, 0.15) is 16.2 Å². The van der Waals surface area contributed by atoms with E-state index >= 15 is 0 Å². The zero-order valence-electron chi connectivity index (χ0n) is 8.56. The zero-order valence-corrected chi connectivity index (χ0v) is 8.56. The molecule has 0 N–H and O–H groups in total. The van der Waals surface area contributed by atoms with E-state index in [9.17, 15) is 9.59 Å². The molecule has 15 heavy (non-hydrogen) atoms. The predicted molar refractivity (Wildman–Crippen MR) is 51.2 cm³/mol. The molecule has 80 valence electrons. The second kappa shape index (κ2) is 5.07. The number of esters is 1. The van der Waals surface area contributed by atoms with Gasteiger partial charge in [0.15, 0.2) is 5.69 Å². The van der Waals surface area contributed by atoms with Crippen molar-refractivity contribution in [3.8, 4) is 0 Å². The van der Waals surface area contributed by atoms with E-state index < -0.39 is 5.97 Å². The fraction of sp³-hybridized carbons (Fsp3) is 0.444. The Morgan fingerprint density at radius 2 is 2.47 bits per heavy atom. The van der Waals surface area contributed by atoms with Crippen LogP contribution in [0.3, 0.4) is 0 Å². The highest BCUT2D eigenvalue weighted by Crippen LogP contribution is 2.05. The average molecular weight is 209 g/mol. The van der Waals surface area contributed by atoms with E-state index in [1.54, 1.807) is 17.8 Å². The smallest absolute Gasteiger partial charge is 0.358 e. The summed E-state index contributed by atoms with van der Waals surface area (Å²) in [6, 6.07) is 1.62. The Morgan fingerprint density at radius 3 is 3.07 bits per heavy atom. The van der Waals surface area contributed by atoms with Gasteiger partial charge in [-0.05, 0) is 6.07 Å². The van der Waals surface area contributed by atoms with Crippen molar-refractivity contribution in [3.63, 3.8) is 0 Å². The third kappa shape index (κ3) is 2.75. The summed E-state index contributed by atoms with van der Waals surface area (Å²) in [6.45, 7) is 0.337. The van der Waals surface area contributed by atoms with Crippen molar-refractivity contribution >= 4 is 12.0 Å². The Morgan fingerprint density at radius 1 is 1.73 bits per heavy atom. The molecule has 1 aromatic rings. The molecular weight excluding hydrogens is 198 g/mol. The van der Waals surface area contributed by atoms with Crippen LogP contribution in [0.15, 0.2) is 11.1 Å². The van der Waals surface area contributed by atoms with Gasteiger partial charge in [-0.2, -0.15) is 5.10 Å². The minimum atomic E-state index is -0.476. The maximum absolute atomic E-state index is 11.1. The number of aryl methyl sites for hydroxylation is 1. The largest absolute Gasteiger partial charge is 0.464 e. The van der Waals surface area contributed by atoms with Gasteiger partial charge in [-0.1, -0.05) is 0 Å². The summed E-state index contributed by atoms with van der Waals surface area (Å²) in [5.41, 5.74) is 1.07. The van der Waals surface area contributed by atoms with Gasteiger partial charge < -0.3 is 4.74 Å². The van der Waals surface area contributed by atoms with E-state index in [1.807, 2.05) is 0 Å². The van der Waals surface area contributed by atoms with Gasteiger partial charge in [-0.25, -0.2) is 14.6 Å². The summed E-state index contributed by atoms with van der Waals surface area (Å²) in [5.74, 6) is -0.476. The van der Waals surface area contributed by atoms with Gasteiger partial charge in [-0.15, -0.1) is 0 Å². The van der Waals surface area contributed by atoms with Crippen molar-refractivity contribution in [1.82, 2.24) is 9.78 Å². The molecule has 1 rings (SSSR count). The normalized spacial score (nSPS) is 9.47. The number of rotatable bonds is 4. The van der Waals surface area contributed by atoms with Gasteiger partial charge in [-0.3, -0.25) is 4.68 Å². The van der Waals surface area contributed by atoms with Crippen LogP contribution in [0.4, 0.5) is 0 Å². The number of carbonyl (C=O) groups is 1. The topological polar surface area (TPSA) is 73.5 Å². The number of aliphatic imine (C=N–C) groups is 1. The van der Waals surface area contributed by atoms with Gasteiger partial charge in [0.25, 0.3) is 0 Å². The van der Waals surface area contributed by atoms with Crippen LogP contribution in [-0.2, 0) is 23.0 Å². The van der Waals surface area contributed by atoms with Crippen LogP contribution in [0, 0.1) is 0 Å². The molecule has 0 bridgehead atoms. The molecule has 0 amide bonds. The monoisotopic (exact) mass is 209 g/mol. The quantitative estimate of drug-likeness (QED) is 0.400. The highest BCUT2D eigenvalue weighted by atomic mass is 16.5. The third-order valence-corrected chi connectivity index (χ3v) is 1.92. The van der Waals surface area contributed by atoms with Crippen molar-refractivity contribution in [2.75, 3.05) is 13.7 Å². The van der Waals surface area contributed by atoms with Crippen molar-refractivity contribution < 1.29 is 14.3 Å². The maximum Gasteiger partial charge on any atom is 0.358 e. The molecule has 1 aromatic heterocycles. The van der Waals surface area contributed by atoms with E-state index in [-0.39, 0.29) is 5.69 Å². The summed E-state index contributed by atoms with van der Waals surface area (Å²) < 4.78 is 6.09. The first kappa shape index (κ1) is 11.1. The molecule has 0 aliphatic heterocycles. The summed E-state index contributed by atoms with van der Waals surface area (Å²) in [7, 11) is 3.01. The molecule has 0 atom stereocenters. The van der Waals surface area contributed by atoms with Crippen LogP contribution in [0.5, 0.6) is 0 Å². The fourth-order valence-corrected chi connectivity index (χ4v) is 1.16. The molecule has 0 aliphatic carbocycles. The number of hydrogen-bond donors (Lipinski definition) is 0. The van der Waals surface area contributed by atoms with Crippen LogP contribution in [-0.4, -0.2) is 35.5 Å². The molecule has 0 fully saturated rings. The molecule has 0 saturated heterocycles. The number of methoxy groups -OCH3 is 1. The lowest BCUT2D eigenvalue weighted by molar-refractivity contribution is 0.0593. The summed E-state index contributed by atoms with van der Waals surface area (Å²) in [4.78, 5) is 24.4. The number of aromatic nitrogens is 2. The zero-order chi connectivity index (χ0) is 11.3. The van der Waals surface area contributed by atoms with Gasteiger partial charge in [0.1, 0.15) is 0 Å². The van der Waals surface area contributed by atoms with Gasteiger partial charge in [0.2, 0.25) is 6.08 Å². The minimum Gasteiger partial charge on any atom is -0.464 e. The molecule has 0 radical (unpaired) electrons. The lowest BCUT2D eigenvalue weighted by atomic mass is 10.3. The minimum absolute atomic E-state index is 0.255. The van der Waals surface area contributed by atoms with Crippen LogP contribution in [0.25, 0.3) is 0 Å². The summed E-state index contributed by atoms with van der Waals surface area (Å²) in [5, 5.41) is 3.96. The SMILES string of the molecule is COC(=O)c1cc(CCN=C=O)n(C)n1. The second-order valence-corrected chi connectivity index (χ2v) is 2.86. The number of nitrogens with zero attached hydrogens (tertiary/aromatic N) is 3. The van der Waals surface area contributed by atoms with Gasteiger partial charge in [0, 0.05) is 19.2 Å². The van der Waals surface area contributed by atoms with Crippen molar-refractivity contribution in [1.29, 1.82) is 0 Å². The Labute approximate surface area is 86.6 Å². The first-order valence-electron chi connectivity index (χ1n) is 4.34. The van der Waals surface area contributed by atoms with E-state index in [0.717, 1.165) is 5.69 Å². The van der Waals surface area contributed by atoms with Crippen molar-refractivity contribution in [2.45, 2.75) is 6.42 Å². The molecule has 0 unspecified atom stereocenters. The van der Waals surface area contributed by atoms with Crippen molar-refractivity contribution in [2.24, 2.45) is 12.0 Å². The summed E-state index contributed by atoms with van der Waals surface area (Å²) in [6.07, 6.45) is 1.99. The van der Waals surface area contributed by atoms with E-state index in [0.29, 0.717) is 13.0 Å². The lowest BCUT2D eigenvalue weighted by Crippen LogP contribution is -2.03. The Bertz CT molecular complexity index is 405. The first-order valence-corrected chi connectivity index (χ1v) is 4.34. The Balaban J connectivity index is 2.77. The van der Waals surface area contributed by atoms with Gasteiger partial charge in [0.05, 0.1) is 13.7 Å². The molecule has 6 nitrogen and oxygen atoms in total. The van der Waals surface area contributed by atoms with Crippen LogP contribution in [0.2, 0.25) is 0 Å². The maximum atomic E-state index is 11.1. The molecular formula is C9H11N3O3. The van der Waals surface area contributed by atoms with Crippen LogP contribution < -0.4 is 0 Å². The Hall–Kier alpha value is -1.94. The number of isocyanates is 1. The van der Waals surface area contributed by atoms with Gasteiger partial charge >= 0.3 is 5.97 Å². The average Bonchev–Trinajstić information content (AvgIpc) is 2.60. The molecule has 0 saturated carbocycles. The Kier molecular flexibility index (Phi) is 3.76. The fourth-order valence-electron chi connectivity index (χ4n) is 1.16. The molecule has 0 aromatic carbocycles. The predicted octanol–water partition coefficient (Wildman–Crippen LogP) is 0.0850. The third-order valence-electron chi connectivity index (χ3n) is 1.92. The summed E-state index contributed by atoms with van der Waals surface area (Å²) >= 11 is 0. The van der Waals surface area contributed by atoms with Crippen molar-refractivity contribution in [3.05, 3.63) is 17.5 Å². The molecule has 0 spiro atoms. The van der Waals surface area contributed by atoms with E-state index in [4.69, 9.17) is 0 Å². The van der Waals surface area contributed by atoms with E-state index in [2.05, 4.69) is 14.8 Å². The number of carbonyl (C=O) groups excluding carboxylic acids is 2. The lowest BCUT2D eigenvalue weighted by Gasteiger charge is -1.95. The number of hydrogen-bond acceptors (Lipinski definition) is 5. The first-order chi connectivity index (χ1) is 7.19. The second-order valence-electron chi connectivity index (χ2n) is 2.86. The number of ether oxygens (including phenoxy) is 1. The van der Waals surface area contributed by atoms with Crippen LogP contribution >= 0.6 is 0 Å².